The molecule has 1 saturated carbocycles. The lowest BCUT2D eigenvalue weighted by atomic mass is 9.68. The van der Waals surface area contributed by atoms with Gasteiger partial charge in [0.05, 0.1) is 0 Å². The highest BCUT2D eigenvalue weighted by Gasteiger charge is 2.37. The lowest BCUT2D eigenvalue weighted by Gasteiger charge is -2.41. The molecule has 4 rings (SSSR count). The van der Waals surface area contributed by atoms with Crippen molar-refractivity contribution in [2.75, 3.05) is 6.54 Å². The number of fused-ring (bicyclic) bond motifs is 1. The van der Waals surface area contributed by atoms with Gasteiger partial charge in [-0.25, -0.2) is 0 Å². The number of aromatic amines is 1. The van der Waals surface area contributed by atoms with Crippen molar-refractivity contribution in [3.63, 3.8) is 0 Å². The van der Waals surface area contributed by atoms with Gasteiger partial charge in [0.25, 0.3) is 0 Å². The van der Waals surface area contributed by atoms with Crippen LogP contribution >= 0.6 is 0 Å². The Morgan fingerprint density at radius 2 is 1.96 bits per heavy atom. The molecule has 24 heavy (non-hydrogen) atoms. The summed E-state index contributed by atoms with van der Waals surface area (Å²) in [5.74, 6) is 1.52. The van der Waals surface area contributed by atoms with Gasteiger partial charge in [0.2, 0.25) is 5.82 Å². The van der Waals surface area contributed by atoms with Gasteiger partial charge in [-0.3, -0.25) is 4.79 Å². The Bertz CT molecular complexity index is 700. The first-order valence-corrected chi connectivity index (χ1v) is 8.50. The molecule has 0 amide bonds. The summed E-state index contributed by atoms with van der Waals surface area (Å²) in [5, 5.41) is 26.5. The quantitative estimate of drug-likeness (QED) is 0.794. The maximum Gasteiger partial charge on any atom is 0.320 e. The van der Waals surface area contributed by atoms with Crippen molar-refractivity contribution in [1.82, 2.24) is 25.9 Å². The van der Waals surface area contributed by atoms with Gasteiger partial charge < -0.3 is 10.4 Å². The van der Waals surface area contributed by atoms with Crippen molar-refractivity contribution in [3.8, 4) is 11.4 Å². The van der Waals surface area contributed by atoms with Crippen LogP contribution in [0.15, 0.2) is 24.3 Å². The minimum absolute atomic E-state index is 0.384. The van der Waals surface area contributed by atoms with Gasteiger partial charge in [-0.1, -0.05) is 24.3 Å². The van der Waals surface area contributed by atoms with Gasteiger partial charge in [-0.2, -0.15) is 5.21 Å². The number of rotatable bonds is 3. The molecular weight excluding hydrogens is 306 g/mol. The molecule has 1 aliphatic carbocycles. The molecule has 2 fully saturated rings. The summed E-state index contributed by atoms with van der Waals surface area (Å²) in [6.07, 6.45) is 4.17. The number of carboxylic acids is 1. The number of nitrogens with one attached hydrogen (secondary N) is 2. The van der Waals surface area contributed by atoms with E-state index in [2.05, 4.69) is 38.1 Å². The van der Waals surface area contributed by atoms with Gasteiger partial charge in [0.1, 0.15) is 6.04 Å². The fraction of sp³-hybridized carbons (Fsp3) is 0.529. The lowest BCUT2D eigenvalue weighted by Crippen LogP contribution is -2.49. The molecule has 1 aliphatic heterocycles. The number of benzene rings is 1. The summed E-state index contributed by atoms with van der Waals surface area (Å²) in [5.41, 5.74) is 2.28. The van der Waals surface area contributed by atoms with Gasteiger partial charge >= 0.3 is 5.97 Å². The fourth-order valence-corrected chi connectivity index (χ4v) is 4.24. The zero-order chi connectivity index (χ0) is 16.5. The number of nitrogens with zero attached hydrogens (tertiary/aromatic N) is 3. The zero-order valence-electron chi connectivity index (χ0n) is 13.4. The van der Waals surface area contributed by atoms with Crippen molar-refractivity contribution in [1.29, 1.82) is 0 Å². The normalized spacial score (nSPS) is 29.8. The maximum atomic E-state index is 11.2. The Labute approximate surface area is 139 Å². The fourth-order valence-electron chi connectivity index (χ4n) is 4.24. The van der Waals surface area contributed by atoms with Crippen LogP contribution in [-0.4, -0.2) is 44.3 Å². The van der Waals surface area contributed by atoms with Gasteiger partial charge in [0.15, 0.2) is 0 Å². The molecule has 0 unspecified atom stereocenters. The molecular formula is C17H21N5O2. The predicted molar refractivity (Wildman–Crippen MR) is 87.2 cm³/mol. The highest BCUT2D eigenvalue weighted by atomic mass is 16.4. The van der Waals surface area contributed by atoms with E-state index >= 15 is 0 Å². The first kappa shape index (κ1) is 15.3. The average molecular weight is 327 g/mol. The maximum absolute atomic E-state index is 11.2. The summed E-state index contributed by atoms with van der Waals surface area (Å²) in [6.45, 7) is 0.838. The highest BCUT2D eigenvalue weighted by Crippen LogP contribution is 2.43. The molecule has 4 atom stereocenters. The van der Waals surface area contributed by atoms with Crippen molar-refractivity contribution in [2.45, 2.75) is 37.6 Å². The lowest BCUT2D eigenvalue weighted by molar-refractivity contribution is -0.141. The topological polar surface area (TPSA) is 104 Å². The number of carbonyl (C=O) groups is 1. The highest BCUT2D eigenvalue weighted by molar-refractivity contribution is 5.73. The third-order valence-electron chi connectivity index (χ3n) is 5.59. The molecule has 1 aromatic heterocycles. The van der Waals surface area contributed by atoms with Crippen LogP contribution in [0.2, 0.25) is 0 Å². The van der Waals surface area contributed by atoms with Crippen LogP contribution in [0.5, 0.6) is 0 Å². The van der Waals surface area contributed by atoms with Gasteiger partial charge in [0, 0.05) is 5.56 Å². The summed E-state index contributed by atoms with van der Waals surface area (Å²) in [7, 11) is 0. The second kappa shape index (κ2) is 6.32. The Morgan fingerprint density at radius 3 is 2.67 bits per heavy atom. The molecule has 0 bridgehead atoms. The third-order valence-corrected chi connectivity index (χ3v) is 5.59. The van der Waals surface area contributed by atoms with E-state index in [1.54, 1.807) is 0 Å². The van der Waals surface area contributed by atoms with Crippen LogP contribution in [0.3, 0.4) is 0 Å². The molecule has 0 spiro atoms. The van der Waals surface area contributed by atoms with Gasteiger partial charge in [-0.05, 0) is 60.8 Å². The Balaban J connectivity index is 1.46. The number of hydrogen-bond donors (Lipinski definition) is 3. The summed E-state index contributed by atoms with van der Waals surface area (Å²) < 4.78 is 0. The Morgan fingerprint density at radius 1 is 1.12 bits per heavy atom. The summed E-state index contributed by atoms with van der Waals surface area (Å²) in [6, 6.07) is 7.98. The largest absolute Gasteiger partial charge is 0.480 e. The summed E-state index contributed by atoms with van der Waals surface area (Å²) >= 11 is 0. The van der Waals surface area contributed by atoms with E-state index in [1.807, 2.05) is 12.1 Å². The van der Waals surface area contributed by atoms with Crippen LogP contribution in [0.1, 0.15) is 37.2 Å². The Kier molecular flexibility index (Phi) is 4.02. The minimum atomic E-state index is -0.722. The molecule has 0 radical (unpaired) electrons. The minimum Gasteiger partial charge on any atom is -0.480 e. The number of hydrogen-bond acceptors (Lipinski definition) is 5. The first-order chi connectivity index (χ1) is 11.7. The first-order valence-electron chi connectivity index (χ1n) is 8.50. The second-order valence-corrected chi connectivity index (χ2v) is 6.92. The van der Waals surface area contributed by atoms with Crippen LogP contribution < -0.4 is 5.32 Å². The van der Waals surface area contributed by atoms with E-state index in [9.17, 15) is 9.90 Å². The molecule has 7 heteroatoms. The number of tetrazole rings is 1. The Hall–Kier alpha value is -2.28. The van der Waals surface area contributed by atoms with E-state index in [1.165, 1.54) is 18.4 Å². The third kappa shape index (κ3) is 2.91. The van der Waals surface area contributed by atoms with Crippen molar-refractivity contribution in [2.24, 2.45) is 11.8 Å². The second-order valence-electron chi connectivity index (χ2n) is 6.92. The SMILES string of the molecule is O=C(O)[C@@H]1C[C@H]2C[C@@H](c3ccc(-c4nn[nH]n4)cc3)CC[C@H]2CN1. The number of carboxylic acid groups (broad SMARTS) is 1. The van der Waals surface area contributed by atoms with Crippen molar-refractivity contribution in [3.05, 3.63) is 29.8 Å². The zero-order valence-corrected chi connectivity index (χ0v) is 13.4. The smallest absolute Gasteiger partial charge is 0.320 e. The molecule has 2 heterocycles. The van der Waals surface area contributed by atoms with E-state index < -0.39 is 5.97 Å². The average Bonchev–Trinajstić information content (AvgIpc) is 3.15. The molecule has 1 aromatic carbocycles. The standard InChI is InChI=1S/C17H21N5O2/c23-17(24)15-8-14-7-12(5-6-13(14)9-18-15)10-1-3-11(4-2-10)16-19-21-22-20-16/h1-4,12-15,18H,5-9H2,(H,23,24)(H,19,20,21,22)/t12-,13-,14+,15-/m0/s1. The van der Waals surface area contributed by atoms with Crippen LogP contribution in [0, 0.1) is 11.8 Å². The van der Waals surface area contributed by atoms with E-state index in [0.29, 0.717) is 23.6 Å². The van der Waals surface area contributed by atoms with Gasteiger partial charge in [-0.15, -0.1) is 10.2 Å². The molecule has 7 nitrogen and oxygen atoms in total. The predicted octanol–water partition coefficient (Wildman–Crippen LogP) is 1.81. The monoisotopic (exact) mass is 327 g/mol. The molecule has 2 aliphatic rings. The van der Waals surface area contributed by atoms with Crippen LogP contribution in [0.4, 0.5) is 0 Å². The number of aliphatic carboxylic acids is 1. The van der Waals surface area contributed by atoms with Crippen molar-refractivity contribution < 1.29 is 9.90 Å². The van der Waals surface area contributed by atoms with E-state index in [-0.39, 0.29) is 6.04 Å². The number of H-pyrrole nitrogens is 1. The summed E-state index contributed by atoms with van der Waals surface area (Å²) in [4.78, 5) is 11.2. The van der Waals surface area contributed by atoms with Crippen LogP contribution in [-0.2, 0) is 4.79 Å². The molecule has 126 valence electrons. The molecule has 3 N–H and O–H groups in total. The molecule has 2 aromatic rings. The number of aromatic nitrogens is 4. The number of piperidine rings is 1. The van der Waals surface area contributed by atoms with E-state index in [0.717, 1.165) is 24.9 Å². The van der Waals surface area contributed by atoms with Crippen molar-refractivity contribution >= 4 is 5.97 Å². The molecule has 1 saturated heterocycles. The van der Waals surface area contributed by atoms with Crippen LogP contribution in [0.25, 0.3) is 11.4 Å². The van der Waals surface area contributed by atoms with E-state index in [4.69, 9.17) is 0 Å².